The number of unbranched alkanes of at least 4 members (excludes halogenated alkanes) is 2. The highest BCUT2D eigenvalue weighted by Gasteiger charge is 2.22. The van der Waals surface area contributed by atoms with E-state index in [1.165, 1.54) is 12.1 Å². The third-order valence-electron chi connectivity index (χ3n) is 5.13. The van der Waals surface area contributed by atoms with Crippen molar-refractivity contribution >= 4 is 46.7 Å². The first-order valence-corrected chi connectivity index (χ1v) is 10.4. The summed E-state index contributed by atoms with van der Waals surface area (Å²) in [5, 5.41) is 17.8. The number of hydrogen-bond donors (Lipinski definition) is 4. The Bertz CT molecular complexity index is 1210. The average molecular weight is 488 g/mol. The van der Waals surface area contributed by atoms with Crippen LogP contribution in [0.15, 0.2) is 52.9 Å². The molecule has 34 heavy (non-hydrogen) atoms. The average Bonchev–Trinajstić information content (AvgIpc) is 3.28. The molecule has 1 aromatic heterocycles. The van der Waals surface area contributed by atoms with Crippen molar-refractivity contribution in [1.82, 2.24) is 0 Å². The van der Waals surface area contributed by atoms with Gasteiger partial charge in [-0.25, -0.2) is 4.79 Å². The molecule has 0 aliphatic carbocycles. The van der Waals surface area contributed by atoms with Gasteiger partial charge in [-0.05, 0) is 53.9 Å². The molecule has 0 radical (unpaired) electrons. The zero-order valence-electron chi connectivity index (χ0n) is 18.3. The third kappa shape index (κ3) is 6.90. The van der Waals surface area contributed by atoms with Gasteiger partial charge in [-0.2, -0.15) is 0 Å². The first-order chi connectivity index (χ1) is 15.7. The maximum atomic E-state index is 12.5. The van der Waals surface area contributed by atoms with Crippen molar-refractivity contribution in [2.75, 3.05) is 0 Å². The summed E-state index contributed by atoms with van der Waals surface area (Å²) in [6.07, 6.45) is 1.92. The van der Waals surface area contributed by atoms with Gasteiger partial charge in [-0.15, -0.1) is 12.4 Å². The van der Waals surface area contributed by atoms with Crippen molar-refractivity contribution in [2.45, 2.75) is 38.1 Å². The maximum Gasteiger partial charge on any atom is 0.379 e. The van der Waals surface area contributed by atoms with Crippen molar-refractivity contribution in [3.05, 3.63) is 65.6 Å². The fraction of sp³-hybridized carbons (Fsp3) is 0.250. The molecule has 0 amide bonds. The number of hydrogen-bond acceptors (Lipinski definition) is 7. The lowest BCUT2D eigenvalue weighted by atomic mass is 10.0. The molecule has 3 aromatic rings. The van der Waals surface area contributed by atoms with Gasteiger partial charge in [0.05, 0.1) is 0 Å². The maximum absolute atomic E-state index is 12.5. The quantitative estimate of drug-likeness (QED) is 0.103. The molecule has 1 unspecified atom stereocenters. The van der Waals surface area contributed by atoms with E-state index in [1.54, 1.807) is 36.4 Å². The molecule has 0 aliphatic heterocycles. The lowest BCUT2D eigenvalue weighted by Gasteiger charge is -2.08. The van der Waals surface area contributed by atoms with E-state index in [0.29, 0.717) is 30.6 Å². The number of amidine groups is 1. The molecule has 6 N–H and O–H groups in total. The number of aliphatic carboxylic acids is 1. The van der Waals surface area contributed by atoms with Crippen LogP contribution in [0.4, 0.5) is 0 Å². The molecule has 1 heterocycles. The first-order valence-electron chi connectivity index (χ1n) is 10.4. The van der Waals surface area contributed by atoms with Gasteiger partial charge in [-0.1, -0.05) is 24.6 Å². The Hall–Kier alpha value is -3.69. The van der Waals surface area contributed by atoms with Crippen LogP contribution in [0.5, 0.6) is 5.75 Å². The number of fused-ring (bicyclic) bond motifs is 1. The SMILES string of the molecule is Cl.N=C(N)c1ccc2cc(OC(=O)c3ccc(C(N)C(=O)CCCCCC(=O)O)o3)ccc2c1. The van der Waals surface area contributed by atoms with Crippen LogP contribution < -0.4 is 16.2 Å². The molecule has 1 atom stereocenters. The Morgan fingerprint density at radius 2 is 1.65 bits per heavy atom. The lowest BCUT2D eigenvalue weighted by molar-refractivity contribution is -0.137. The molecule has 9 nitrogen and oxygen atoms in total. The minimum atomic E-state index is -1.01. The second-order valence-corrected chi connectivity index (χ2v) is 7.63. The summed E-state index contributed by atoms with van der Waals surface area (Å²) >= 11 is 0. The van der Waals surface area contributed by atoms with Gasteiger partial charge in [0.1, 0.15) is 23.4 Å². The van der Waals surface area contributed by atoms with Crippen molar-refractivity contribution < 1.29 is 28.6 Å². The molecular formula is C24H26ClN3O6. The van der Waals surface area contributed by atoms with E-state index in [1.807, 2.05) is 0 Å². The number of esters is 1. The minimum absolute atomic E-state index is 0. The van der Waals surface area contributed by atoms with Gasteiger partial charge >= 0.3 is 11.9 Å². The van der Waals surface area contributed by atoms with Crippen molar-refractivity contribution in [3.8, 4) is 5.75 Å². The normalized spacial score (nSPS) is 11.4. The number of nitrogens with two attached hydrogens (primary N) is 2. The summed E-state index contributed by atoms with van der Waals surface area (Å²) in [6, 6.07) is 12.2. The number of carbonyl (C=O) groups excluding carboxylic acids is 2. The van der Waals surface area contributed by atoms with Gasteiger partial charge in [0, 0.05) is 18.4 Å². The lowest BCUT2D eigenvalue weighted by Crippen LogP contribution is -2.20. The number of benzene rings is 2. The van der Waals surface area contributed by atoms with Crippen LogP contribution in [-0.4, -0.2) is 28.7 Å². The summed E-state index contributed by atoms with van der Waals surface area (Å²) in [5.74, 6) is -1.49. The number of carboxylic acids is 1. The molecule has 3 rings (SSSR count). The first kappa shape index (κ1) is 26.6. The van der Waals surface area contributed by atoms with Crippen molar-refractivity contribution in [1.29, 1.82) is 5.41 Å². The Morgan fingerprint density at radius 3 is 2.35 bits per heavy atom. The van der Waals surface area contributed by atoms with E-state index in [9.17, 15) is 14.4 Å². The van der Waals surface area contributed by atoms with Crippen LogP contribution in [-0.2, 0) is 9.59 Å². The molecule has 10 heteroatoms. The molecule has 0 spiro atoms. The summed E-state index contributed by atoms with van der Waals surface area (Å²) in [6.45, 7) is 0. The van der Waals surface area contributed by atoms with E-state index in [4.69, 9.17) is 31.1 Å². The number of Topliss-reactive ketones (excluding diaryl/α,β-unsaturated/α-hetero) is 1. The minimum Gasteiger partial charge on any atom is -0.481 e. The zero-order valence-corrected chi connectivity index (χ0v) is 19.1. The summed E-state index contributed by atoms with van der Waals surface area (Å²) in [5.41, 5.74) is 12.1. The predicted molar refractivity (Wildman–Crippen MR) is 129 cm³/mol. The fourth-order valence-corrected chi connectivity index (χ4v) is 3.31. The van der Waals surface area contributed by atoms with Crippen molar-refractivity contribution in [3.63, 3.8) is 0 Å². The zero-order chi connectivity index (χ0) is 24.0. The molecule has 0 bridgehead atoms. The second-order valence-electron chi connectivity index (χ2n) is 7.63. The molecule has 2 aromatic carbocycles. The van der Waals surface area contributed by atoms with E-state index in [0.717, 1.165) is 10.8 Å². The largest absolute Gasteiger partial charge is 0.481 e. The van der Waals surface area contributed by atoms with Gasteiger partial charge in [0.25, 0.3) is 0 Å². The number of ketones is 1. The third-order valence-corrected chi connectivity index (χ3v) is 5.13. The number of nitrogen functional groups attached to an aromatic ring is 1. The van der Waals surface area contributed by atoms with Crippen LogP contribution in [0.3, 0.4) is 0 Å². The Balaban J connectivity index is 0.00000408. The van der Waals surface area contributed by atoms with Crippen LogP contribution >= 0.6 is 12.4 Å². The second kappa shape index (κ2) is 12.0. The highest BCUT2D eigenvalue weighted by atomic mass is 35.5. The summed E-state index contributed by atoms with van der Waals surface area (Å²) in [7, 11) is 0. The monoisotopic (exact) mass is 487 g/mol. The Labute approximate surface area is 202 Å². The topological polar surface area (TPSA) is 170 Å². The Kier molecular flexibility index (Phi) is 9.35. The number of halogens is 1. The standard InChI is InChI=1S/C24H25N3O6.ClH/c25-22(18(28)4-2-1-3-5-21(29)30)19-10-11-20(33-19)24(31)32-17-9-8-14-12-16(23(26)27)7-6-15(14)13-17;/h6-13,22H,1-5,25H2,(H3,26,27)(H,29,30);1H. The van der Waals surface area contributed by atoms with E-state index in [-0.39, 0.29) is 48.4 Å². The van der Waals surface area contributed by atoms with E-state index >= 15 is 0 Å². The van der Waals surface area contributed by atoms with Gasteiger partial charge in [0.2, 0.25) is 5.76 Å². The van der Waals surface area contributed by atoms with E-state index in [2.05, 4.69) is 0 Å². The van der Waals surface area contributed by atoms with Crippen LogP contribution in [0, 0.1) is 5.41 Å². The molecule has 0 saturated carbocycles. The van der Waals surface area contributed by atoms with Crippen LogP contribution in [0.2, 0.25) is 0 Å². The van der Waals surface area contributed by atoms with Crippen molar-refractivity contribution in [2.24, 2.45) is 11.5 Å². The molecule has 0 aliphatic rings. The highest BCUT2D eigenvalue weighted by Crippen LogP contribution is 2.24. The van der Waals surface area contributed by atoms with Gasteiger partial charge < -0.3 is 25.7 Å². The van der Waals surface area contributed by atoms with Gasteiger partial charge in [0.15, 0.2) is 5.78 Å². The van der Waals surface area contributed by atoms with Gasteiger partial charge in [-0.3, -0.25) is 15.0 Å². The molecule has 0 saturated heterocycles. The molecule has 0 fully saturated rings. The summed E-state index contributed by atoms with van der Waals surface area (Å²) < 4.78 is 10.8. The summed E-state index contributed by atoms with van der Waals surface area (Å²) in [4.78, 5) is 35.2. The number of ether oxygens (including phenoxy) is 1. The van der Waals surface area contributed by atoms with Crippen LogP contribution in [0.25, 0.3) is 10.8 Å². The molecule has 180 valence electrons. The smallest absolute Gasteiger partial charge is 0.379 e. The van der Waals surface area contributed by atoms with E-state index < -0.39 is 18.0 Å². The number of rotatable bonds is 11. The number of furan rings is 1. The Morgan fingerprint density at radius 1 is 0.971 bits per heavy atom. The highest BCUT2D eigenvalue weighted by molar-refractivity contribution is 5.99. The predicted octanol–water partition coefficient (Wildman–Crippen LogP) is 3.96. The fourth-order valence-electron chi connectivity index (χ4n) is 3.31. The van der Waals surface area contributed by atoms with Crippen LogP contribution in [0.1, 0.15) is 60.0 Å². The molecular weight excluding hydrogens is 462 g/mol. The number of carboxylic acid groups (broad SMARTS) is 1. The number of carbonyl (C=O) groups is 3. The number of nitrogens with one attached hydrogen (secondary N) is 1.